The number of amides is 1. The predicted octanol–water partition coefficient (Wildman–Crippen LogP) is 3.37. The molecule has 0 radical (unpaired) electrons. The van der Waals surface area contributed by atoms with Crippen molar-refractivity contribution >= 4 is 15.9 Å². The lowest BCUT2D eigenvalue weighted by molar-refractivity contribution is 0.0928. The lowest BCUT2D eigenvalue weighted by Crippen LogP contribution is -2.26. The fourth-order valence-electron chi connectivity index (χ4n) is 3.05. The van der Waals surface area contributed by atoms with E-state index in [-0.39, 0.29) is 16.8 Å². The van der Waals surface area contributed by atoms with Crippen LogP contribution in [0.5, 0.6) is 0 Å². The second kappa shape index (κ2) is 9.47. The highest BCUT2D eigenvalue weighted by molar-refractivity contribution is 7.89. The Bertz CT molecular complexity index is 1120. The third-order valence-corrected chi connectivity index (χ3v) is 6.40. The minimum Gasteiger partial charge on any atom is -0.467 e. The minimum atomic E-state index is -3.52. The standard InChI is InChI=1S/C23H24N2O5S/c26-23(19-6-10-22(11-7-19)31(27,28)25-20-8-9-20)24-14-17-3-1-4-18(13-17)15-29-16-21-5-2-12-30-21/h1-7,10-13,20,25H,8-9,14-16H2,(H,24,26). The van der Waals surface area contributed by atoms with Crippen LogP contribution in [0.25, 0.3) is 0 Å². The maximum atomic E-state index is 12.4. The summed E-state index contributed by atoms with van der Waals surface area (Å²) in [5, 5.41) is 2.86. The van der Waals surface area contributed by atoms with E-state index < -0.39 is 10.0 Å². The minimum absolute atomic E-state index is 0.0410. The van der Waals surface area contributed by atoms with E-state index in [9.17, 15) is 13.2 Å². The summed E-state index contributed by atoms with van der Waals surface area (Å²) < 4.78 is 38.0. The van der Waals surface area contributed by atoms with E-state index in [4.69, 9.17) is 9.15 Å². The molecule has 1 heterocycles. The van der Waals surface area contributed by atoms with Gasteiger partial charge in [0.25, 0.3) is 5.91 Å². The second-order valence-corrected chi connectivity index (χ2v) is 9.21. The van der Waals surface area contributed by atoms with Crippen molar-refractivity contribution in [3.8, 4) is 0 Å². The number of hydrogen-bond acceptors (Lipinski definition) is 5. The molecule has 8 heteroatoms. The summed E-state index contributed by atoms with van der Waals surface area (Å²) >= 11 is 0. The molecule has 3 aromatic rings. The van der Waals surface area contributed by atoms with Crippen molar-refractivity contribution in [2.75, 3.05) is 0 Å². The molecular formula is C23H24N2O5S. The van der Waals surface area contributed by atoms with Crippen LogP contribution in [-0.2, 0) is 34.5 Å². The normalized spacial score (nSPS) is 13.8. The van der Waals surface area contributed by atoms with Crippen molar-refractivity contribution in [2.45, 2.75) is 43.5 Å². The predicted molar refractivity (Wildman–Crippen MR) is 115 cm³/mol. The first-order valence-electron chi connectivity index (χ1n) is 10.1. The van der Waals surface area contributed by atoms with Gasteiger partial charge in [0, 0.05) is 18.2 Å². The van der Waals surface area contributed by atoms with Crippen LogP contribution in [-0.4, -0.2) is 20.4 Å². The zero-order valence-corrected chi connectivity index (χ0v) is 17.7. The Morgan fingerprint density at radius 3 is 2.48 bits per heavy atom. The number of nitrogens with one attached hydrogen (secondary N) is 2. The van der Waals surface area contributed by atoms with E-state index in [0.717, 1.165) is 29.7 Å². The molecule has 0 unspecified atom stereocenters. The smallest absolute Gasteiger partial charge is 0.251 e. The van der Waals surface area contributed by atoms with Crippen molar-refractivity contribution in [1.82, 2.24) is 10.0 Å². The summed E-state index contributed by atoms with van der Waals surface area (Å²) in [7, 11) is -3.52. The SMILES string of the molecule is O=C(NCc1cccc(COCc2ccco2)c1)c1ccc(S(=O)(=O)NC2CC2)cc1. The van der Waals surface area contributed by atoms with E-state index in [0.29, 0.717) is 25.3 Å². The van der Waals surface area contributed by atoms with Crippen LogP contribution < -0.4 is 10.0 Å². The molecule has 1 fully saturated rings. The molecule has 2 N–H and O–H groups in total. The van der Waals surface area contributed by atoms with Crippen LogP contribution in [0.3, 0.4) is 0 Å². The van der Waals surface area contributed by atoms with Crippen LogP contribution in [0.1, 0.15) is 40.1 Å². The van der Waals surface area contributed by atoms with E-state index in [1.165, 1.54) is 24.3 Å². The fourth-order valence-corrected chi connectivity index (χ4v) is 4.36. The Kier molecular flexibility index (Phi) is 6.50. The van der Waals surface area contributed by atoms with Crippen LogP contribution in [0.15, 0.2) is 76.2 Å². The summed E-state index contributed by atoms with van der Waals surface area (Å²) in [6, 6.07) is 17.5. The quantitative estimate of drug-likeness (QED) is 0.504. The van der Waals surface area contributed by atoms with Gasteiger partial charge in [-0.05, 0) is 60.4 Å². The maximum absolute atomic E-state index is 12.4. The summed E-state index contributed by atoms with van der Waals surface area (Å²) in [6.07, 6.45) is 3.35. The molecule has 2 aromatic carbocycles. The molecule has 1 amide bonds. The lowest BCUT2D eigenvalue weighted by atomic mass is 10.1. The summed E-state index contributed by atoms with van der Waals surface area (Å²) in [4.78, 5) is 12.6. The second-order valence-electron chi connectivity index (χ2n) is 7.49. The molecule has 1 aliphatic carbocycles. The summed E-state index contributed by atoms with van der Waals surface area (Å²) in [5.74, 6) is 0.504. The van der Waals surface area contributed by atoms with E-state index >= 15 is 0 Å². The van der Waals surface area contributed by atoms with Gasteiger partial charge in [-0.1, -0.05) is 24.3 Å². The highest BCUT2D eigenvalue weighted by atomic mass is 32.2. The molecule has 1 aliphatic rings. The molecule has 7 nitrogen and oxygen atoms in total. The number of rotatable bonds is 10. The van der Waals surface area contributed by atoms with Gasteiger partial charge < -0.3 is 14.5 Å². The molecule has 1 aromatic heterocycles. The number of sulfonamides is 1. The van der Waals surface area contributed by atoms with Crippen molar-refractivity contribution in [2.24, 2.45) is 0 Å². The largest absolute Gasteiger partial charge is 0.467 e. The van der Waals surface area contributed by atoms with Crippen LogP contribution >= 0.6 is 0 Å². The van der Waals surface area contributed by atoms with Gasteiger partial charge in [-0.25, -0.2) is 13.1 Å². The van der Waals surface area contributed by atoms with E-state index in [2.05, 4.69) is 10.0 Å². The van der Waals surface area contributed by atoms with Gasteiger partial charge in [-0.15, -0.1) is 0 Å². The number of hydrogen-bond donors (Lipinski definition) is 2. The first kappa shape index (κ1) is 21.3. The van der Waals surface area contributed by atoms with E-state index in [1.807, 2.05) is 36.4 Å². The van der Waals surface area contributed by atoms with Gasteiger partial charge in [0.1, 0.15) is 12.4 Å². The van der Waals surface area contributed by atoms with Crippen molar-refractivity contribution < 1.29 is 22.4 Å². The summed E-state index contributed by atoms with van der Waals surface area (Å²) in [5.41, 5.74) is 2.35. The molecule has 1 saturated carbocycles. The van der Waals surface area contributed by atoms with Gasteiger partial charge in [0.2, 0.25) is 10.0 Å². The fraction of sp³-hybridized carbons (Fsp3) is 0.261. The first-order valence-corrected chi connectivity index (χ1v) is 11.6. The highest BCUT2D eigenvalue weighted by Gasteiger charge is 2.27. The summed E-state index contributed by atoms with van der Waals surface area (Å²) in [6.45, 7) is 1.19. The van der Waals surface area contributed by atoms with Crippen LogP contribution in [0.4, 0.5) is 0 Å². The first-order chi connectivity index (χ1) is 15.0. The Balaban J connectivity index is 1.29. The number of carbonyl (C=O) groups is 1. The number of ether oxygens (including phenoxy) is 1. The molecule has 0 atom stereocenters. The number of carbonyl (C=O) groups excluding carboxylic acids is 1. The Labute approximate surface area is 181 Å². The third-order valence-electron chi connectivity index (χ3n) is 4.86. The lowest BCUT2D eigenvalue weighted by Gasteiger charge is -2.09. The Morgan fingerprint density at radius 1 is 1.00 bits per heavy atom. The van der Waals surface area contributed by atoms with Crippen LogP contribution in [0, 0.1) is 0 Å². The van der Waals surface area contributed by atoms with Crippen molar-refractivity contribution in [3.63, 3.8) is 0 Å². The molecule has 31 heavy (non-hydrogen) atoms. The van der Waals surface area contributed by atoms with E-state index in [1.54, 1.807) is 6.26 Å². The molecule has 0 saturated heterocycles. The van der Waals surface area contributed by atoms with Gasteiger partial charge in [0.05, 0.1) is 17.8 Å². The van der Waals surface area contributed by atoms with Crippen molar-refractivity contribution in [1.29, 1.82) is 0 Å². The van der Waals surface area contributed by atoms with Gasteiger partial charge in [-0.2, -0.15) is 0 Å². The molecular weight excluding hydrogens is 416 g/mol. The molecule has 0 aliphatic heterocycles. The third kappa shape index (κ3) is 6.04. The van der Waals surface area contributed by atoms with Gasteiger partial charge in [0.15, 0.2) is 0 Å². The maximum Gasteiger partial charge on any atom is 0.251 e. The Hall–Kier alpha value is -2.94. The van der Waals surface area contributed by atoms with Gasteiger partial charge >= 0.3 is 0 Å². The Morgan fingerprint density at radius 2 is 1.77 bits per heavy atom. The molecule has 162 valence electrons. The number of benzene rings is 2. The van der Waals surface area contributed by atoms with Crippen LogP contribution in [0.2, 0.25) is 0 Å². The highest BCUT2D eigenvalue weighted by Crippen LogP contribution is 2.22. The zero-order chi connectivity index (χ0) is 21.7. The molecule has 0 bridgehead atoms. The average Bonchev–Trinajstić information content (AvgIpc) is 3.42. The molecule has 0 spiro atoms. The monoisotopic (exact) mass is 440 g/mol. The zero-order valence-electron chi connectivity index (χ0n) is 16.9. The number of furan rings is 1. The van der Waals surface area contributed by atoms with Crippen molar-refractivity contribution in [3.05, 3.63) is 89.4 Å². The topological polar surface area (TPSA) is 97.6 Å². The van der Waals surface area contributed by atoms with Gasteiger partial charge in [-0.3, -0.25) is 4.79 Å². The average molecular weight is 441 g/mol. The molecule has 4 rings (SSSR count).